The van der Waals surface area contributed by atoms with E-state index < -0.39 is 9.84 Å². The zero-order valence-corrected chi connectivity index (χ0v) is 12.6. The second-order valence-electron chi connectivity index (χ2n) is 5.65. The quantitative estimate of drug-likeness (QED) is 0.818. The van der Waals surface area contributed by atoms with Crippen LogP contribution in [0.25, 0.3) is 0 Å². The zero-order chi connectivity index (χ0) is 14.9. The summed E-state index contributed by atoms with van der Waals surface area (Å²) < 4.78 is 28.8. The first-order valence-electron chi connectivity index (χ1n) is 7.21. The standard InChI is InChI=1S/C15H19NO4S/c17-15(13-6-9-21(18,19)11-13)16-7-8-20-14(10-16)12-4-2-1-3-5-12/h1-5,13-14H,6-11H2. The van der Waals surface area contributed by atoms with Gasteiger partial charge in [-0.15, -0.1) is 0 Å². The first kappa shape index (κ1) is 14.5. The van der Waals surface area contributed by atoms with Crippen LogP contribution in [0.15, 0.2) is 30.3 Å². The van der Waals surface area contributed by atoms with Crippen LogP contribution in [0, 0.1) is 5.92 Å². The average molecular weight is 309 g/mol. The Labute approximate surface area is 124 Å². The van der Waals surface area contributed by atoms with Crippen LogP contribution < -0.4 is 0 Å². The molecule has 0 saturated carbocycles. The molecule has 2 saturated heterocycles. The fraction of sp³-hybridized carbons (Fsp3) is 0.533. The number of morpholine rings is 1. The Bertz CT molecular complexity index is 614. The van der Waals surface area contributed by atoms with Gasteiger partial charge >= 0.3 is 0 Å². The molecule has 1 aromatic rings. The van der Waals surface area contributed by atoms with Crippen molar-refractivity contribution in [1.82, 2.24) is 4.90 Å². The second-order valence-corrected chi connectivity index (χ2v) is 7.88. The van der Waals surface area contributed by atoms with E-state index in [0.29, 0.717) is 26.1 Å². The molecule has 2 atom stereocenters. The predicted molar refractivity (Wildman–Crippen MR) is 78.5 cm³/mol. The number of benzene rings is 1. The normalized spacial score (nSPS) is 28.5. The lowest BCUT2D eigenvalue weighted by Crippen LogP contribution is -2.45. The zero-order valence-electron chi connectivity index (χ0n) is 11.8. The number of amides is 1. The highest BCUT2D eigenvalue weighted by Crippen LogP contribution is 2.26. The van der Waals surface area contributed by atoms with E-state index in [0.717, 1.165) is 5.56 Å². The molecular weight excluding hydrogens is 290 g/mol. The smallest absolute Gasteiger partial charge is 0.226 e. The predicted octanol–water partition coefficient (Wildman–Crippen LogP) is 1.02. The number of sulfone groups is 1. The van der Waals surface area contributed by atoms with E-state index in [1.165, 1.54) is 0 Å². The Hall–Kier alpha value is -1.40. The van der Waals surface area contributed by atoms with E-state index >= 15 is 0 Å². The molecule has 2 aliphatic rings. The van der Waals surface area contributed by atoms with Crippen LogP contribution in [0.4, 0.5) is 0 Å². The number of ether oxygens (including phenoxy) is 1. The average Bonchev–Trinajstić information content (AvgIpc) is 2.88. The molecule has 2 aliphatic heterocycles. The Kier molecular flexibility index (Phi) is 3.99. The minimum atomic E-state index is -3.02. The van der Waals surface area contributed by atoms with Crippen molar-refractivity contribution in [1.29, 1.82) is 0 Å². The molecule has 0 spiro atoms. The number of hydrogen-bond donors (Lipinski definition) is 0. The largest absolute Gasteiger partial charge is 0.370 e. The number of carbonyl (C=O) groups excluding carboxylic acids is 1. The lowest BCUT2D eigenvalue weighted by atomic mass is 10.0. The molecule has 2 fully saturated rings. The molecule has 114 valence electrons. The van der Waals surface area contributed by atoms with Crippen LogP contribution in [0.3, 0.4) is 0 Å². The summed E-state index contributed by atoms with van der Waals surface area (Å²) in [6, 6.07) is 9.81. The monoisotopic (exact) mass is 309 g/mol. The molecule has 2 heterocycles. The van der Waals surface area contributed by atoms with Crippen molar-refractivity contribution in [3.63, 3.8) is 0 Å². The highest BCUT2D eigenvalue weighted by atomic mass is 32.2. The van der Waals surface area contributed by atoms with E-state index in [9.17, 15) is 13.2 Å². The first-order chi connectivity index (χ1) is 10.1. The van der Waals surface area contributed by atoms with Gasteiger partial charge in [-0.05, 0) is 12.0 Å². The van der Waals surface area contributed by atoms with Gasteiger partial charge < -0.3 is 9.64 Å². The topological polar surface area (TPSA) is 63.7 Å². The Morgan fingerprint density at radius 2 is 2.00 bits per heavy atom. The van der Waals surface area contributed by atoms with Crippen molar-refractivity contribution in [2.24, 2.45) is 5.92 Å². The Balaban J connectivity index is 1.68. The fourth-order valence-electron chi connectivity index (χ4n) is 2.97. The van der Waals surface area contributed by atoms with Gasteiger partial charge in [-0.2, -0.15) is 0 Å². The van der Waals surface area contributed by atoms with Crippen LogP contribution >= 0.6 is 0 Å². The van der Waals surface area contributed by atoms with Gasteiger partial charge in [0, 0.05) is 6.54 Å². The van der Waals surface area contributed by atoms with Crippen LogP contribution in [-0.2, 0) is 19.4 Å². The lowest BCUT2D eigenvalue weighted by Gasteiger charge is -2.34. The second kappa shape index (κ2) is 5.77. The maximum Gasteiger partial charge on any atom is 0.226 e. The highest BCUT2D eigenvalue weighted by Gasteiger charge is 2.37. The van der Waals surface area contributed by atoms with Gasteiger partial charge in [0.15, 0.2) is 9.84 Å². The van der Waals surface area contributed by atoms with Gasteiger partial charge in [-0.1, -0.05) is 30.3 Å². The number of hydrogen-bond acceptors (Lipinski definition) is 4. The third-order valence-electron chi connectivity index (χ3n) is 4.13. The van der Waals surface area contributed by atoms with Crippen LogP contribution in [0.1, 0.15) is 18.1 Å². The van der Waals surface area contributed by atoms with Crippen molar-refractivity contribution in [3.8, 4) is 0 Å². The van der Waals surface area contributed by atoms with Crippen molar-refractivity contribution < 1.29 is 17.9 Å². The molecule has 1 amide bonds. The van der Waals surface area contributed by atoms with E-state index in [-0.39, 0.29) is 29.4 Å². The van der Waals surface area contributed by atoms with E-state index in [2.05, 4.69) is 0 Å². The number of rotatable bonds is 2. The molecule has 0 aromatic heterocycles. The fourth-order valence-corrected chi connectivity index (χ4v) is 4.70. The highest BCUT2D eigenvalue weighted by molar-refractivity contribution is 7.91. The van der Waals surface area contributed by atoms with Gasteiger partial charge in [0.25, 0.3) is 0 Å². The molecular formula is C15H19NO4S. The maximum absolute atomic E-state index is 12.5. The van der Waals surface area contributed by atoms with Crippen LogP contribution in [-0.4, -0.2) is 50.4 Å². The van der Waals surface area contributed by atoms with Gasteiger partial charge in [-0.3, -0.25) is 4.79 Å². The van der Waals surface area contributed by atoms with Gasteiger partial charge in [0.1, 0.15) is 6.10 Å². The minimum Gasteiger partial charge on any atom is -0.370 e. The summed E-state index contributed by atoms with van der Waals surface area (Å²) in [6.07, 6.45) is 0.330. The minimum absolute atomic E-state index is 0.000799. The molecule has 5 nitrogen and oxygen atoms in total. The summed E-state index contributed by atoms with van der Waals surface area (Å²) in [4.78, 5) is 14.2. The number of carbonyl (C=O) groups is 1. The van der Waals surface area contributed by atoms with Crippen molar-refractivity contribution >= 4 is 15.7 Å². The summed E-state index contributed by atoms with van der Waals surface area (Å²) in [5.74, 6) is -0.278. The Morgan fingerprint density at radius 1 is 1.24 bits per heavy atom. The maximum atomic E-state index is 12.5. The first-order valence-corrected chi connectivity index (χ1v) is 9.03. The SMILES string of the molecule is O=C(C1CCS(=O)(=O)C1)N1CCOC(c2ccccc2)C1. The molecule has 21 heavy (non-hydrogen) atoms. The van der Waals surface area contributed by atoms with E-state index in [1.807, 2.05) is 30.3 Å². The molecule has 0 N–H and O–H groups in total. The van der Waals surface area contributed by atoms with E-state index in [1.54, 1.807) is 4.90 Å². The molecule has 0 aliphatic carbocycles. The third-order valence-corrected chi connectivity index (χ3v) is 5.90. The summed E-state index contributed by atoms with van der Waals surface area (Å²) in [5, 5.41) is 0. The summed E-state index contributed by atoms with van der Waals surface area (Å²) >= 11 is 0. The van der Waals surface area contributed by atoms with Crippen LogP contribution in [0.5, 0.6) is 0 Å². The van der Waals surface area contributed by atoms with Crippen LogP contribution in [0.2, 0.25) is 0 Å². The number of nitrogens with zero attached hydrogens (tertiary/aromatic N) is 1. The summed E-state index contributed by atoms with van der Waals surface area (Å²) in [7, 11) is -3.02. The van der Waals surface area contributed by atoms with Crippen molar-refractivity contribution in [2.75, 3.05) is 31.2 Å². The Morgan fingerprint density at radius 3 is 2.67 bits per heavy atom. The third kappa shape index (κ3) is 3.27. The molecule has 2 unspecified atom stereocenters. The lowest BCUT2D eigenvalue weighted by molar-refractivity contribution is -0.142. The molecule has 6 heteroatoms. The van der Waals surface area contributed by atoms with Gasteiger partial charge in [-0.25, -0.2) is 8.42 Å². The summed E-state index contributed by atoms with van der Waals surface area (Å²) in [5.41, 5.74) is 1.05. The van der Waals surface area contributed by atoms with Gasteiger partial charge in [0.2, 0.25) is 5.91 Å². The molecule has 0 bridgehead atoms. The van der Waals surface area contributed by atoms with Crippen molar-refractivity contribution in [3.05, 3.63) is 35.9 Å². The molecule has 0 radical (unpaired) electrons. The van der Waals surface area contributed by atoms with Gasteiger partial charge in [0.05, 0.1) is 30.6 Å². The molecule has 1 aromatic carbocycles. The van der Waals surface area contributed by atoms with Crippen molar-refractivity contribution in [2.45, 2.75) is 12.5 Å². The molecule has 3 rings (SSSR count). The summed E-state index contributed by atoms with van der Waals surface area (Å²) in [6.45, 7) is 1.53. The van der Waals surface area contributed by atoms with E-state index in [4.69, 9.17) is 4.74 Å².